The van der Waals surface area contributed by atoms with Crippen molar-refractivity contribution in [1.82, 2.24) is 5.16 Å². The van der Waals surface area contributed by atoms with Crippen molar-refractivity contribution in [2.75, 3.05) is 5.32 Å². The maximum atomic E-state index is 13.0. The van der Waals surface area contributed by atoms with E-state index in [9.17, 15) is 9.18 Å². The fourth-order valence-corrected chi connectivity index (χ4v) is 3.37. The largest absolute Gasteiger partial charge is 0.489 e. The maximum absolute atomic E-state index is 13.0. The molecule has 3 aromatic carbocycles. The number of carbonyl (C=O) groups is 1. The number of ether oxygens (including phenoxy) is 2. The van der Waals surface area contributed by atoms with E-state index in [-0.39, 0.29) is 18.1 Å². The van der Waals surface area contributed by atoms with Gasteiger partial charge in [0, 0.05) is 11.8 Å². The van der Waals surface area contributed by atoms with Gasteiger partial charge in [0.05, 0.1) is 17.7 Å². The fourth-order valence-electron chi connectivity index (χ4n) is 3.37. The summed E-state index contributed by atoms with van der Waals surface area (Å²) >= 11 is 0. The van der Waals surface area contributed by atoms with Crippen LogP contribution in [0.25, 0.3) is 0 Å². The molecule has 1 aromatic heterocycles. The molecule has 0 fully saturated rings. The van der Waals surface area contributed by atoms with Gasteiger partial charge >= 0.3 is 0 Å². The summed E-state index contributed by atoms with van der Waals surface area (Å²) in [6.45, 7) is 4.42. The lowest BCUT2D eigenvalue weighted by Gasteiger charge is -2.10. The van der Waals surface area contributed by atoms with E-state index < -0.39 is 0 Å². The molecule has 0 aliphatic carbocycles. The number of carbonyl (C=O) groups excluding carboxylic acids is 1. The summed E-state index contributed by atoms with van der Waals surface area (Å²) in [4.78, 5) is 12.5. The van der Waals surface area contributed by atoms with Crippen molar-refractivity contribution in [1.29, 1.82) is 0 Å². The first kappa shape index (κ1) is 23.0. The number of rotatable bonds is 9. The van der Waals surface area contributed by atoms with Crippen LogP contribution >= 0.6 is 0 Å². The van der Waals surface area contributed by atoms with Crippen molar-refractivity contribution < 1.29 is 23.2 Å². The van der Waals surface area contributed by atoms with Gasteiger partial charge in [-0.1, -0.05) is 35.5 Å². The number of amides is 1. The Balaban J connectivity index is 1.27. The Bertz CT molecular complexity index is 1230. The molecule has 1 heterocycles. The Kier molecular flexibility index (Phi) is 7.22. The van der Waals surface area contributed by atoms with Gasteiger partial charge in [0.2, 0.25) is 5.91 Å². The first-order valence-corrected chi connectivity index (χ1v) is 10.9. The van der Waals surface area contributed by atoms with E-state index in [0.717, 1.165) is 28.1 Å². The molecule has 174 valence electrons. The Hall–Kier alpha value is -4.13. The van der Waals surface area contributed by atoms with Crippen molar-refractivity contribution in [2.45, 2.75) is 33.5 Å². The zero-order chi connectivity index (χ0) is 23.9. The molecule has 0 saturated heterocycles. The monoisotopic (exact) mass is 460 g/mol. The molecule has 0 spiro atoms. The third-order valence-corrected chi connectivity index (χ3v) is 5.29. The van der Waals surface area contributed by atoms with Gasteiger partial charge in [-0.3, -0.25) is 4.79 Å². The summed E-state index contributed by atoms with van der Waals surface area (Å²) in [7, 11) is 0. The Morgan fingerprint density at radius 1 is 0.912 bits per heavy atom. The average Bonchev–Trinajstić information content (AvgIpc) is 3.15. The van der Waals surface area contributed by atoms with Crippen molar-refractivity contribution in [3.63, 3.8) is 0 Å². The third-order valence-electron chi connectivity index (χ3n) is 5.29. The number of hydrogen-bond donors (Lipinski definition) is 1. The number of aromatic nitrogens is 1. The SMILES string of the molecule is Cc1noc(C)c1COc1ccc(CC(=O)Nc2cccc(OCc3ccc(F)cc3)c2)cc1. The molecule has 34 heavy (non-hydrogen) atoms. The summed E-state index contributed by atoms with van der Waals surface area (Å²) < 4.78 is 29.7. The van der Waals surface area contributed by atoms with Crippen LogP contribution in [0.1, 0.15) is 28.1 Å². The van der Waals surface area contributed by atoms with E-state index in [1.54, 1.807) is 36.4 Å². The number of nitrogens with one attached hydrogen (secondary N) is 1. The minimum atomic E-state index is -0.285. The van der Waals surface area contributed by atoms with E-state index in [1.807, 2.05) is 38.1 Å². The molecular formula is C27H25FN2O4. The molecule has 7 heteroatoms. The Morgan fingerprint density at radius 3 is 2.32 bits per heavy atom. The Labute approximate surface area is 197 Å². The highest BCUT2D eigenvalue weighted by atomic mass is 19.1. The molecule has 0 atom stereocenters. The first-order chi connectivity index (χ1) is 16.5. The number of aryl methyl sites for hydroxylation is 2. The molecule has 6 nitrogen and oxygen atoms in total. The summed E-state index contributed by atoms with van der Waals surface area (Å²) in [5, 5.41) is 6.81. The molecular weight excluding hydrogens is 435 g/mol. The quantitative estimate of drug-likeness (QED) is 0.343. The van der Waals surface area contributed by atoms with Crippen molar-refractivity contribution >= 4 is 11.6 Å². The van der Waals surface area contributed by atoms with Crippen LogP contribution < -0.4 is 14.8 Å². The van der Waals surface area contributed by atoms with Gasteiger partial charge < -0.3 is 19.3 Å². The van der Waals surface area contributed by atoms with Crippen LogP contribution in [0.2, 0.25) is 0 Å². The van der Waals surface area contributed by atoms with Crippen LogP contribution in [-0.2, 0) is 24.4 Å². The second-order valence-electron chi connectivity index (χ2n) is 7.90. The van der Waals surface area contributed by atoms with Crippen LogP contribution in [0.3, 0.4) is 0 Å². The second-order valence-corrected chi connectivity index (χ2v) is 7.90. The molecule has 0 aliphatic heterocycles. The van der Waals surface area contributed by atoms with Crippen molar-refractivity contribution in [3.8, 4) is 11.5 Å². The highest BCUT2D eigenvalue weighted by molar-refractivity contribution is 5.92. The predicted octanol–water partition coefficient (Wildman–Crippen LogP) is 5.77. The minimum absolute atomic E-state index is 0.139. The normalized spacial score (nSPS) is 10.7. The summed E-state index contributed by atoms with van der Waals surface area (Å²) in [6, 6.07) is 20.7. The van der Waals surface area contributed by atoms with E-state index in [0.29, 0.717) is 30.4 Å². The lowest BCUT2D eigenvalue weighted by Crippen LogP contribution is -2.14. The molecule has 0 bridgehead atoms. The Morgan fingerprint density at radius 2 is 1.62 bits per heavy atom. The molecule has 0 unspecified atom stereocenters. The van der Waals surface area contributed by atoms with Crippen LogP contribution in [0, 0.1) is 19.7 Å². The lowest BCUT2D eigenvalue weighted by atomic mass is 10.1. The molecule has 0 radical (unpaired) electrons. The van der Waals surface area contributed by atoms with Crippen LogP contribution in [0.4, 0.5) is 10.1 Å². The van der Waals surface area contributed by atoms with Gasteiger partial charge in [0.15, 0.2) is 0 Å². The number of nitrogens with zero attached hydrogens (tertiary/aromatic N) is 1. The van der Waals surface area contributed by atoms with Crippen LogP contribution in [0.5, 0.6) is 11.5 Å². The fraction of sp³-hybridized carbons (Fsp3) is 0.185. The highest BCUT2D eigenvalue weighted by Crippen LogP contribution is 2.20. The van der Waals surface area contributed by atoms with E-state index >= 15 is 0 Å². The van der Waals surface area contributed by atoms with Gasteiger partial charge in [-0.15, -0.1) is 0 Å². The van der Waals surface area contributed by atoms with E-state index in [1.165, 1.54) is 12.1 Å². The average molecular weight is 461 g/mol. The van der Waals surface area contributed by atoms with Gasteiger partial charge in [-0.05, 0) is 61.4 Å². The maximum Gasteiger partial charge on any atom is 0.228 e. The van der Waals surface area contributed by atoms with E-state index in [4.69, 9.17) is 14.0 Å². The minimum Gasteiger partial charge on any atom is -0.489 e. The zero-order valence-electron chi connectivity index (χ0n) is 19.0. The first-order valence-electron chi connectivity index (χ1n) is 10.9. The van der Waals surface area contributed by atoms with Crippen LogP contribution in [0.15, 0.2) is 77.3 Å². The summed E-state index contributed by atoms with van der Waals surface area (Å²) in [6.07, 6.45) is 0.227. The number of anilines is 1. The van der Waals surface area contributed by atoms with Gasteiger partial charge in [-0.2, -0.15) is 0 Å². The molecule has 4 aromatic rings. The summed E-state index contributed by atoms with van der Waals surface area (Å²) in [5.74, 6) is 1.64. The van der Waals surface area contributed by atoms with Crippen molar-refractivity contribution in [2.24, 2.45) is 0 Å². The number of halogens is 1. The topological polar surface area (TPSA) is 73.6 Å². The lowest BCUT2D eigenvalue weighted by molar-refractivity contribution is -0.115. The molecule has 1 amide bonds. The van der Waals surface area contributed by atoms with Gasteiger partial charge in [0.1, 0.15) is 36.3 Å². The molecule has 1 N–H and O–H groups in total. The molecule has 0 saturated carbocycles. The second kappa shape index (κ2) is 10.7. The summed E-state index contributed by atoms with van der Waals surface area (Å²) in [5.41, 5.74) is 4.12. The number of benzene rings is 3. The molecule has 0 aliphatic rings. The van der Waals surface area contributed by atoms with Crippen LogP contribution in [-0.4, -0.2) is 11.1 Å². The molecule has 4 rings (SSSR count). The standard InChI is InChI=1S/C27H25FN2O4/c1-18-26(19(2)34-30-18)17-33-24-12-8-20(9-13-24)14-27(31)29-23-4-3-5-25(15-23)32-16-21-6-10-22(28)11-7-21/h3-13,15H,14,16-17H2,1-2H3,(H,29,31). The smallest absolute Gasteiger partial charge is 0.228 e. The zero-order valence-corrected chi connectivity index (χ0v) is 19.0. The van der Waals surface area contributed by atoms with Crippen molar-refractivity contribution in [3.05, 3.63) is 107 Å². The third kappa shape index (κ3) is 6.22. The van der Waals surface area contributed by atoms with Gasteiger partial charge in [-0.25, -0.2) is 4.39 Å². The number of hydrogen-bond acceptors (Lipinski definition) is 5. The van der Waals surface area contributed by atoms with Gasteiger partial charge in [0.25, 0.3) is 0 Å². The highest BCUT2D eigenvalue weighted by Gasteiger charge is 2.10. The van der Waals surface area contributed by atoms with E-state index in [2.05, 4.69) is 10.5 Å². The predicted molar refractivity (Wildman–Crippen MR) is 126 cm³/mol.